The molecule has 2 rings (SSSR count). The molecule has 6 nitrogen and oxygen atoms in total. The van der Waals surface area contributed by atoms with E-state index in [4.69, 9.17) is 0 Å². The Labute approximate surface area is 124 Å². The number of carbonyl (C=O) groups excluding carboxylic acids is 1. The molecule has 1 N–H and O–H groups in total. The highest BCUT2D eigenvalue weighted by Gasteiger charge is 2.28. The highest BCUT2D eigenvalue weighted by molar-refractivity contribution is 5.98. The Morgan fingerprint density at radius 3 is 2.76 bits per heavy atom. The zero-order valence-electron chi connectivity index (χ0n) is 12.4. The fourth-order valence-electron chi connectivity index (χ4n) is 2.65. The van der Waals surface area contributed by atoms with Gasteiger partial charge < -0.3 is 10.2 Å². The Balaban J connectivity index is 2.24. The topological polar surface area (TPSA) is 75.5 Å². The Morgan fingerprint density at radius 2 is 2.19 bits per heavy atom. The Morgan fingerprint density at radius 1 is 1.48 bits per heavy atom. The summed E-state index contributed by atoms with van der Waals surface area (Å²) >= 11 is 0. The number of para-hydroxylation sites is 1. The number of carbonyl (C=O) groups is 1. The molecule has 1 atom stereocenters. The molecule has 0 saturated carbocycles. The summed E-state index contributed by atoms with van der Waals surface area (Å²) < 4.78 is 0. The molecule has 0 aliphatic carbocycles. The molecule has 0 bridgehead atoms. The summed E-state index contributed by atoms with van der Waals surface area (Å²) in [7, 11) is 0. The molecule has 1 aliphatic rings. The van der Waals surface area contributed by atoms with Gasteiger partial charge in [0.05, 0.1) is 4.92 Å². The van der Waals surface area contributed by atoms with E-state index in [1.165, 1.54) is 12.1 Å². The van der Waals surface area contributed by atoms with Crippen LogP contribution in [0.5, 0.6) is 0 Å². The van der Waals surface area contributed by atoms with E-state index in [1.807, 2.05) is 13.8 Å². The molecule has 21 heavy (non-hydrogen) atoms. The summed E-state index contributed by atoms with van der Waals surface area (Å²) in [5, 5.41) is 14.4. The van der Waals surface area contributed by atoms with Gasteiger partial charge in [-0.05, 0) is 39.3 Å². The zero-order chi connectivity index (χ0) is 15.4. The number of nitro groups is 1. The first-order chi connectivity index (χ1) is 10.0. The van der Waals surface area contributed by atoms with Crippen LogP contribution in [0.3, 0.4) is 0 Å². The van der Waals surface area contributed by atoms with Crippen LogP contribution in [-0.2, 0) is 0 Å². The van der Waals surface area contributed by atoms with Crippen molar-refractivity contribution < 1.29 is 9.72 Å². The number of hydrogen-bond acceptors (Lipinski definition) is 4. The Kier molecular flexibility index (Phi) is 4.90. The van der Waals surface area contributed by atoms with Crippen LogP contribution < -0.4 is 5.32 Å². The average molecular weight is 291 g/mol. The van der Waals surface area contributed by atoms with Gasteiger partial charge in [-0.15, -0.1) is 0 Å². The minimum atomic E-state index is -0.500. The quantitative estimate of drug-likeness (QED) is 0.666. The van der Waals surface area contributed by atoms with E-state index in [1.54, 1.807) is 17.0 Å². The first-order valence-electron chi connectivity index (χ1n) is 7.28. The van der Waals surface area contributed by atoms with Crippen molar-refractivity contribution >= 4 is 11.6 Å². The van der Waals surface area contributed by atoms with Gasteiger partial charge in [0.2, 0.25) is 0 Å². The van der Waals surface area contributed by atoms with E-state index in [-0.39, 0.29) is 29.2 Å². The van der Waals surface area contributed by atoms with E-state index >= 15 is 0 Å². The maximum absolute atomic E-state index is 12.7. The first kappa shape index (κ1) is 15.4. The SMILES string of the molecule is CC(C)N(CC1CCCN1)C(=O)c1ccccc1[N+](=O)[O-]. The van der Waals surface area contributed by atoms with Crippen molar-refractivity contribution in [3.8, 4) is 0 Å². The second kappa shape index (κ2) is 6.67. The molecule has 0 aromatic heterocycles. The van der Waals surface area contributed by atoms with Crippen LogP contribution in [0.4, 0.5) is 5.69 Å². The molecule has 0 spiro atoms. The number of rotatable bonds is 5. The van der Waals surface area contributed by atoms with Crippen molar-refractivity contribution in [2.24, 2.45) is 0 Å². The minimum Gasteiger partial charge on any atom is -0.334 e. The predicted octanol–water partition coefficient (Wildman–Crippen LogP) is 2.20. The molecule has 6 heteroatoms. The van der Waals surface area contributed by atoms with Crippen LogP contribution in [0.15, 0.2) is 24.3 Å². The van der Waals surface area contributed by atoms with E-state index in [0.717, 1.165) is 19.4 Å². The van der Waals surface area contributed by atoms with Crippen LogP contribution in [-0.4, -0.2) is 40.9 Å². The zero-order valence-corrected chi connectivity index (χ0v) is 12.4. The van der Waals surface area contributed by atoms with Crippen molar-refractivity contribution in [2.45, 2.75) is 38.8 Å². The van der Waals surface area contributed by atoms with Crippen LogP contribution >= 0.6 is 0 Å². The number of nitrogens with zero attached hydrogens (tertiary/aromatic N) is 2. The molecular weight excluding hydrogens is 270 g/mol. The van der Waals surface area contributed by atoms with Gasteiger partial charge in [-0.3, -0.25) is 14.9 Å². The maximum Gasteiger partial charge on any atom is 0.282 e. The first-order valence-corrected chi connectivity index (χ1v) is 7.28. The molecular formula is C15H21N3O3. The van der Waals surface area contributed by atoms with E-state index in [9.17, 15) is 14.9 Å². The number of hydrogen-bond donors (Lipinski definition) is 1. The van der Waals surface area contributed by atoms with Crippen molar-refractivity contribution in [2.75, 3.05) is 13.1 Å². The summed E-state index contributed by atoms with van der Waals surface area (Å²) in [5.74, 6) is -0.272. The van der Waals surface area contributed by atoms with Gasteiger partial charge in [-0.25, -0.2) is 0 Å². The highest BCUT2D eigenvalue weighted by Crippen LogP contribution is 2.21. The molecule has 114 valence electrons. The molecule has 1 heterocycles. The molecule has 1 aromatic carbocycles. The minimum absolute atomic E-state index is 0.000268. The molecule has 0 radical (unpaired) electrons. The van der Waals surface area contributed by atoms with Crippen molar-refractivity contribution in [1.82, 2.24) is 10.2 Å². The summed E-state index contributed by atoms with van der Waals surface area (Å²) in [5.41, 5.74) is 0.0294. The van der Waals surface area contributed by atoms with Gasteiger partial charge in [0.15, 0.2) is 0 Å². The fourth-order valence-corrected chi connectivity index (χ4v) is 2.65. The van der Waals surface area contributed by atoms with Crippen LogP contribution in [0, 0.1) is 10.1 Å². The van der Waals surface area contributed by atoms with Crippen molar-refractivity contribution in [1.29, 1.82) is 0 Å². The second-order valence-corrected chi connectivity index (χ2v) is 5.62. The summed E-state index contributed by atoms with van der Waals surface area (Å²) in [4.78, 5) is 25.0. The van der Waals surface area contributed by atoms with Crippen molar-refractivity contribution in [3.05, 3.63) is 39.9 Å². The van der Waals surface area contributed by atoms with Crippen LogP contribution in [0.2, 0.25) is 0 Å². The predicted molar refractivity (Wildman–Crippen MR) is 80.3 cm³/mol. The van der Waals surface area contributed by atoms with Gasteiger partial charge >= 0.3 is 0 Å². The summed E-state index contributed by atoms with van der Waals surface area (Å²) in [6, 6.07) is 6.41. The average Bonchev–Trinajstić information content (AvgIpc) is 2.96. The number of nitrogens with one attached hydrogen (secondary N) is 1. The smallest absolute Gasteiger partial charge is 0.282 e. The number of benzene rings is 1. The van der Waals surface area contributed by atoms with Gasteiger partial charge in [0.25, 0.3) is 11.6 Å². The number of nitro benzene ring substituents is 1. The summed E-state index contributed by atoms with van der Waals surface area (Å²) in [6.07, 6.45) is 2.14. The van der Waals surface area contributed by atoms with E-state index in [0.29, 0.717) is 6.54 Å². The third-order valence-corrected chi connectivity index (χ3v) is 3.79. The van der Waals surface area contributed by atoms with E-state index in [2.05, 4.69) is 5.32 Å². The number of amides is 1. The highest BCUT2D eigenvalue weighted by atomic mass is 16.6. The molecule has 1 aliphatic heterocycles. The second-order valence-electron chi connectivity index (χ2n) is 5.62. The van der Waals surface area contributed by atoms with Gasteiger partial charge in [-0.1, -0.05) is 12.1 Å². The van der Waals surface area contributed by atoms with Crippen LogP contribution in [0.1, 0.15) is 37.0 Å². The van der Waals surface area contributed by atoms with Gasteiger partial charge in [0, 0.05) is 24.7 Å². The monoisotopic (exact) mass is 291 g/mol. The molecule has 1 fully saturated rings. The van der Waals surface area contributed by atoms with E-state index < -0.39 is 4.92 Å². The van der Waals surface area contributed by atoms with Gasteiger partial charge in [0.1, 0.15) is 5.56 Å². The third-order valence-electron chi connectivity index (χ3n) is 3.79. The molecule has 1 aromatic rings. The fraction of sp³-hybridized carbons (Fsp3) is 0.533. The lowest BCUT2D eigenvalue weighted by Gasteiger charge is -2.29. The lowest BCUT2D eigenvalue weighted by Crippen LogP contribution is -2.44. The normalized spacial score (nSPS) is 18.0. The van der Waals surface area contributed by atoms with Crippen molar-refractivity contribution in [3.63, 3.8) is 0 Å². The molecule has 1 unspecified atom stereocenters. The standard InChI is InChI=1S/C15H21N3O3/c1-11(2)17(10-12-6-5-9-16-12)15(19)13-7-3-4-8-14(13)18(20)21/h3-4,7-8,11-12,16H,5-6,9-10H2,1-2H3. The molecule has 1 saturated heterocycles. The molecule has 1 amide bonds. The Hall–Kier alpha value is -1.95. The van der Waals surface area contributed by atoms with Crippen LogP contribution in [0.25, 0.3) is 0 Å². The lowest BCUT2D eigenvalue weighted by atomic mass is 10.1. The summed E-state index contributed by atoms with van der Waals surface area (Å²) in [6.45, 7) is 5.42. The lowest BCUT2D eigenvalue weighted by molar-refractivity contribution is -0.385. The largest absolute Gasteiger partial charge is 0.334 e. The third kappa shape index (κ3) is 3.58. The Bertz CT molecular complexity index is 525. The maximum atomic E-state index is 12.7. The van der Waals surface area contributed by atoms with Gasteiger partial charge in [-0.2, -0.15) is 0 Å².